The predicted octanol–water partition coefficient (Wildman–Crippen LogP) is 5.57. The zero-order chi connectivity index (χ0) is 24.3. The van der Waals surface area contributed by atoms with Gasteiger partial charge in [-0.05, 0) is 84.8 Å². The highest BCUT2D eigenvalue weighted by molar-refractivity contribution is 14.1. The Bertz CT molecular complexity index is 1190. The molecule has 3 aromatic rings. The van der Waals surface area contributed by atoms with E-state index in [4.69, 9.17) is 23.2 Å². The van der Waals surface area contributed by atoms with Gasteiger partial charge in [-0.25, -0.2) is 0 Å². The first-order chi connectivity index (χ1) is 15.6. The van der Waals surface area contributed by atoms with Gasteiger partial charge in [0.05, 0.1) is 22.4 Å². The fourth-order valence-electron chi connectivity index (χ4n) is 3.25. The molecule has 0 aliphatic carbocycles. The Morgan fingerprint density at radius 2 is 1.82 bits per heavy atom. The second-order valence-corrected chi connectivity index (χ2v) is 10.5. The molecule has 33 heavy (non-hydrogen) atoms. The number of anilines is 1. The van der Waals surface area contributed by atoms with Crippen LogP contribution in [0.5, 0.6) is 0 Å². The van der Waals surface area contributed by atoms with Gasteiger partial charge < -0.3 is 15.2 Å². The molecule has 7 nitrogen and oxygen atoms in total. The van der Waals surface area contributed by atoms with E-state index in [1.54, 1.807) is 30.7 Å². The van der Waals surface area contributed by atoms with Crippen molar-refractivity contribution in [3.05, 3.63) is 66.5 Å². The third-order valence-electron chi connectivity index (χ3n) is 4.87. The lowest BCUT2D eigenvalue weighted by molar-refractivity contribution is -0.113. The molecule has 0 bridgehead atoms. The monoisotopic (exact) mass is 617 g/mol. The largest absolute Gasteiger partial charge is 0.342 e. The van der Waals surface area contributed by atoms with Gasteiger partial charge in [-0.15, -0.1) is 10.2 Å². The number of benzene rings is 2. The van der Waals surface area contributed by atoms with E-state index in [9.17, 15) is 9.59 Å². The first-order valence-electron chi connectivity index (χ1n) is 9.91. The van der Waals surface area contributed by atoms with Gasteiger partial charge in [0.25, 0.3) is 5.91 Å². The van der Waals surface area contributed by atoms with Crippen molar-refractivity contribution in [3.8, 4) is 0 Å². The summed E-state index contributed by atoms with van der Waals surface area (Å²) in [7, 11) is 1.79. The Morgan fingerprint density at radius 3 is 2.45 bits per heavy atom. The Labute approximate surface area is 220 Å². The summed E-state index contributed by atoms with van der Waals surface area (Å²) in [5, 5.41) is 15.5. The number of carbonyl (C=O) groups excluding carboxylic acids is 2. The minimum Gasteiger partial charge on any atom is -0.342 e. The number of amides is 2. The van der Waals surface area contributed by atoms with Gasteiger partial charge in [0.15, 0.2) is 11.0 Å². The molecule has 0 saturated carbocycles. The lowest BCUT2D eigenvalue weighted by Gasteiger charge is -2.14. The third kappa shape index (κ3) is 6.40. The number of nitrogens with one attached hydrogen (secondary N) is 2. The Morgan fingerprint density at radius 1 is 1.15 bits per heavy atom. The van der Waals surface area contributed by atoms with E-state index >= 15 is 0 Å². The molecule has 1 heterocycles. The number of aryl methyl sites for hydroxylation is 2. The first kappa shape index (κ1) is 25.8. The molecule has 0 saturated heterocycles. The molecule has 2 aromatic carbocycles. The normalized spacial score (nSPS) is 11.8. The van der Waals surface area contributed by atoms with E-state index in [-0.39, 0.29) is 22.6 Å². The average Bonchev–Trinajstić information content (AvgIpc) is 3.09. The van der Waals surface area contributed by atoms with Crippen molar-refractivity contribution in [2.45, 2.75) is 32.0 Å². The second-order valence-electron chi connectivity index (χ2n) is 7.47. The molecule has 0 spiro atoms. The lowest BCUT2D eigenvalue weighted by atomic mass is 10.1. The van der Waals surface area contributed by atoms with Gasteiger partial charge >= 0.3 is 0 Å². The maximum atomic E-state index is 12.6. The van der Waals surface area contributed by atoms with Crippen molar-refractivity contribution in [1.29, 1.82) is 0 Å². The summed E-state index contributed by atoms with van der Waals surface area (Å²) in [4.78, 5) is 25.1. The van der Waals surface area contributed by atoms with Crippen LogP contribution < -0.4 is 10.6 Å². The van der Waals surface area contributed by atoms with Crippen LogP contribution >= 0.6 is 57.6 Å². The molecular formula is C22H22Cl2IN5O2S. The van der Waals surface area contributed by atoms with Gasteiger partial charge in [-0.2, -0.15) is 0 Å². The molecule has 0 aliphatic heterocycles. The summed E-state index contributed by atoms with van der Waals surface area (Å²) in [6.07, 6.45) is 0. The summed E-state index contributed by atoms with van der Waals surface area (Å²) in [5.74, 6) is 0.262. The van der Waals surface area contributed by atoms with E-state index in [0.717, 1.165) is 20.4 Å². The minimum absolute atomic E-state index is 0.129. The zero-order valence-electron chi connectivity index (χ0n) is 18.4. The topological polar surface area (TPSA) is 88.9 Å². The lowest BCUT2D eigenvalue weighted by Crippen LogP contribution is -2.28. The standard InChI is InChI=1S/C22H22Cl2IN5O2S/c1-11-7-15(25)8-12(2)19(11)27-18(31)10-33-22-29-28-20(30(22)4)13(3)26-21(32)16-6-5-14(23)9-17(16)24/h5-9,13H,10H2,1-4H3,(H,26,32)(H,27,31)/t13-/m1/s1. The summed E-state index contributed by atoms with van der Waals surface area (Å²) >= 11 is 15.6. The summed E-state index contributed by atoms with van der Waals surface area (Å²) in [6, 6.07) is 8.32. The van der Waals surface area contributed by atoms with Gasteiger partial charge in [0, 0.05) is 21.3 Å². The van der Waals surface area contributed by atoms with Crippen molar-refractivity contribution >= 4 is 75.1 Å². The molecule has 0 aliphatic rings. The van der Waals surface area contributed by atoms with E-state index < -0.39 is 6.04 Å². The SMILES string of the molecule is Cc1cc(I)cc(C)c1NC(=O)CSc1nnc([C@@H](C)NC(=O)c2ccc(Cl)cc2Cl)n1C. The van der Waals surface area contributed by atoms with Crippen molar-refractivity contribution in [3.63, 3.8) is 0 Å². The summed E-state index contributed by atoms with van der Waals surface area (Å²) < 4.78 is 2.88. The molecule has 174 valence electrons. The fraction of sp³-hybridized carbons (Fsp3) is 0.273. The number of nitrogens with zero attached hydrogens (tertiary/aromatic N) is 3. The number of carbonyl (C=O) groups is 2. The quantitative estimate of drug-likeness (QED) is 0.267. The Balaban J connectivity index is 1.62. The van der Waals surface area contributed by atoms with E-state index in [1.165, 1.54) is 17.8 Å². The molecule has 0 unspecified atom stereocenters. The average molecular weight is 618 g/mol. The molecule has 1 aromatic heterocycles. The Hall–Kier alpha value is -1.82. The van der Waals surface area contributed by atoms with Crippen molar-refractivity contribution in [1.82, 2.24) is 20.1 Å². The third-order valence-corrected chi connectivity index (χ3v) is 7.06. The van der Waals surface area contributed by atoms with Crippen LogP contribution in [0.3, 0.4) is 0 Å². The first-order valence-corrected chi connectivity index (χ1v) is 12.7. The smallest absolute Gasteiger partial charge is 0.253 e. The van der Waals surface area contributed by atoms with E-state index in [0.29, 0.717) is 21.6 Å². The minimum atomic E-state index is -0.429. The molecule has 11 heteroatoms. The highest BCUT2D eigenvalue weighted by Gasteiger charge is 2.20. The number of hydrogen-bond donors (Lipinski definition) is 2. The van der Waals surface area contributed by atoms with Crippen molar-refractivity contribution < 1.29 is 9.59 Å². The van der Waals surface area contributed by atoms with Gasteiger partial charge in [-0.3, -0.25) is 9.59 Å². The predicted molar refractivity (Wildman–Crippen MR) is 141 cm³/mol. The van der Waals surface area contributed by atoms with Crippen molar-refractivity contribution in [2.75, 3.05) is 11.1 Å². The van der Waals surface area contributed by atoms with Crippen LogP contribution in [0.4, 0.5) is 5.69 Å². The van der Waals surface area contributed by atoms with Crippen LogP contribution in [-0.2, 0) is 11.8 Å². The van der Waals surface area contributed by atoms with Gasteiger partial charge in [0.2, 0.25) is 5.91 Å². The van der Waals surface area contributed by atoms with Crippen LogP contribution in [-0.4, -0.2) is 32.3 Å². The molecule has 0 radical (unpaired) electrons. The van der Waals surface area contributed by atoms with Crippen LogP contribution in [0, 0.1) is 17.4 Å². The van der Waals surface area contributed by atoms with Crippen molar-refractivity contribution in [2.24, 2.45) is 7.05 Å². The molecule has 3 rings (SSSR count). The number of thioether (sulfide) groups is 1. The number of halogens is 3. The molecule has 1 atom stereocenters. The number of rotatable bonds is 7. The van der Waals surface area contributed by atoms with Crippen LogP contribution in [0.2, 0.25) is 10.0 Å². The molecule has 0 fully saturated rings. The number of aromatic nitrogens is 3. The summed E-state index contributed by atoms with van der Waals surface area (Å²) in [6.45, 7) is 5.74. The van der Waals surface area contributed by atoms with E-state index in [2.05, 4.69) is 43.4 Å². The second kappa shape index (κ2) is 11.1. The Kier molecular flexibility index (Phi) is 8.65. The van der Waals surface area contributed by atoms with E-state index in [1.807, 2.05) is 26.0 Å². The zero-order valence-corrected chi connectivity index (χ0v) is 22.9. The molecular weight excluding hydrogens is 596 g/mol. The van der Waals surface area contributed by atoms with Crippen LogP contribution in [0.25, 0.3) is 0 Å². The summed E-state index contributed by atoms with van der Waals surface area (Å²) in [5.41, 5.74) is 3.19. The van der Waals surface area contributed by atoms with Gasteiger partial charge in [0.1, 0.15) is 0 Å². The highest BCUT2D eigenvalue weighted by Crippen LogP contribution is 2.25. The molecule has 2 N–H and O–H groups in total. The fourth-order valence-corrected chi connectivity index (χ4v) is 5.40. The van der Waals surface area contributed by atoms with Gasteiger partial charge in [-0.1, -0.05) is 35.0 Å². The van der Waals surface area contributed by atoms with Crippen LogP contribution in [0.1, 0.15) is 40.3 Å². The molecule has 2 amide bonds. The highest BCUT2D eigenvalue weighted by atomic mass is 127. The van der Waals surface area contributed by atoms with Crippen LogP contribution in [0.15, 0.2) is 35.5 Å². The number of hydrogen-bond acceptors (Lipinski definition) is 5. The maximum absolute atomic E-state index is 12.6. The maximum Gasteiger partial charge on any atom is 0.253 e.